The fraction of sp³-hybridized carbons (Fsp3) is 0.350. The Morgan fingerprint density at radius 1 is 1.00 bits per heavy atom. The Bertz CT molecular complexity index is 681. The Hall–Kier alpha value is -2.37. The zero-order chi connectivity index (χ0) is 18.4. The van der Waals surface area contributed by atoms with E-state index in [4.69, 9.17) is 14.2 Å². The molecule has 0 aliphatic heterocycles. The van der Waals surface area contributed by atoms with Crippen molar-refractivity contribution >= 4 is 5.97 Å². The topological polar surface area (TPSA) is 65.0 Å². The van der Waals surface area contributed by atoms with Gasteiger partial charge in [0.25, 0.3) is 0 Å². The van der Waals surface area contributed by atoms with E-state index in [0.29, 0.717) is 16.9 Å². The molecular weight excluding hydrogens is 320 g/mol. The molecule has 2 atom stereocenters. The second kappa shape index (κ2) is 8.14. The molecule has 0 radical (unpaired) electrons. The van der Waals surface area contributed by atoms with Gasteiger partial charge >= 0.3 is 5.97 Å². The molecule has 0 bridgehead atoms. The molecule has 0 amide bonds. The van der Waals surface area contributed by atoms with Gasteiger partial charge < -0.3 is 19.3 Å². The number of methoxy groups -OCH3 is 2. The van der Waals surface area contributed by atoms with Crippen molar-refractivity contribution in [3.05, 3.63) is 65.7 Å². The van der Waals surface area contributed by atoms with Crippen molar-refractivity contribution in [2.75, 3.05) is 14.2 Å². The summed E-state index contributed by atoms with van der Waals surface area (Å²) in [6.45, 7) is 3.61. The number of benzene rings is 2. The van der Waals surface area contributed by atoms with E-state index in [0.717, 1.165) is 0 Å². The highest BCUT2D eigenvalue weighted by Gasteiger charge is 2.50. The van der Waals surface area contributed by atoms with Crippen LogP contribution in [-0.2, 0) is 19.9 Å². The van der Waals surface area contributed by atoms with Crippen molar-refractivity contribution in [3.8, 4) is 5.75 Å². The van der Waals surface area contributed by atoms with Crippen LogP contribution in [0.2, 0.25) is 0 Å². The summed E-state index contributed by atoms with van der Waals surface area (Å²) < 4.78 is 16.2. The minimum Gasteiger partial charge on any atom is -0.497 e. The van der Waals surface area contributed by atoms with Crippen LogP contribution in [0.4, 0.5) is 0 Å². The van der Waals surface area contributed by atoms with E-state index in [1.165, 1.54) is 7.11 Å². The Morgan fingerprint density at radius 3 is 2.08 bits per heavy atom. The van der Waals surface area contributed by atoms with Gasteiger partial charge in [0.1, 0.15) is 11.9 Å². The van der Waals surface area contributed by atoms with Crippen LogP contribution in [0.15, 0.2) is 54.6 Å². The van der Waals surface area contributed by atoms with Gasteiger partial charge in [-0.2, -0.15) is 0 Å². The molecular formula is C20H24O5. The Balaban J connectivity index is 2.60. The Kier molecular flexibility index (Phi) is 6.17. The minimum absolute atomic E-state index is 0.313. The number of aliphatic hydroxyl groups is 1. The predicted octanol–water partition coefficient (Wildman–Crippen LogP) is 3.22. The predicted molar refractivity (Wildman–Crippen MR) is 94.3 cm³/mol. The Labute approximate surface area is 148 Å². The van der Waals surface area contributed by atoms with E-state index in [2.05, 4.69) is 0 Å². The molecule has 0 saturated carbocycles. The fourth-order valence-corrected chi connectivity index (χ4v) is 2.80. The van der Waals surface area contributed by atoms with Gasteiger partial charge in [-0.3, -0.25) is 0 Å². The van der Waals surface area contributed by atoms with Gasteiger partial charge in [-0.15, -0.1) is 0 Å². The van der Waals surface area contributed by atoms with Crippen molar-refractivity contribution in [2.45, 2.75) is 31.7 Å². The summed E-state index contributed by atoms with van der Waals surface area (Å²) in [5, 5.41) is 11.1. The first-order valence-corrected chi connectivity index (χ1v) is 8.09. The number of aliphatic hydroxyl groups excluding tert-OH is 1. The smallest absolute Gasteiger partial charge is 0.346 e. The first kappa shape index (κ1) is 19.0. The fourth-order valence-electron chi connectivity index (χ4n) is 2.80. The quantitative estimate of drug-likeness (QED) is 0.781. The van der Waals surface area contributed by atoms with E-state index >= 15 is 0 Å². The van der Waals surface area contributed by atoms with E-state index in [1.807, 2.05) is 6.07 Å². The number of esters is 1. The van der Waals surface area contributed by atoms with Gasteiger partial charge in [-0.25, -0.2) is 4.79 Å². The molecule has 2 rings (SSSR count). The molecule has 25 heavy (non-hydrogen) atoms. The average Bonchev–Trinajstić information content (AvgIpc) is 2.65. The maximum Gasteiger partial charge on any atom is 0.346 e. The second-order valence-corrected chi connectivity index (χ2v) is 5.94. The maximum absolute atomic E-state index is 12.8. The van der Waals surface area contributed by atoms with Gasteiger partial charge in [0.15, 0.2) is 0 Å². The number of carbonyl (C=O) groups excluding carboxylic acids is 1. The van der Waals surface area contributed by atoms with E-state index in [1.54, 1.807) is 69.5 Å². The highest BCUT2D eigenvalue weighted by Crippen LogP contribution is 2.41. The Morgan fingerprint density at radius 2 is 1.60 bits per heavy atom. The van der Waals surface area contributed by atoms with Crippen molar-refractivity contribution in [3.63, 3.8) is 0 Å². The van der Waals surface area contributed by atoms with Crippen LogP contribution in [0.3, 0.4) is 0 Å². The van der Waals surface area contributed by atoms with E-state index in [-0.39, 0.29) is 6.10 Å². The molecule has 134 valence electrons. The third-order valence-corrected chi connectivity index (χ3v) is 3.93. The molecule has 0 aliphatic carbocycles. The van der Waals surface area contributed by atoms with Crippen molar-refractivity contribution in [2.24, 2.45) is 0 Å². The molecule has 0 unspecified atom stereocenters. The SMILES string of the molecule is COC(=O)[C@](OC(C)C)(c1ccccc1)[C@H](O)c1ccc(OC)cc1. The molecule has 0 spiro atoms. The minimum atomic E-state index is -1.67. The molecule has 2 aromatic rings. The number of hydrogen-bond acceptors (Lipinski definition) is 5. The molecule has 1 N–H and O–H groups in total. The highest BCUT2D eigenvalue weighted by molar-refractivity contribution is 5.82. The van der Waals surface area contributed by atoms with Crippen LogP contribution >= 0.6 is 0 Å². The first-order valence-electron chi connectivity index (χ1n) is 8.09. The molecule has 2 aromatic carbocycles. The maximum atomic E-state index is 12.8. The van der Waals surface area contributed by atoms with Gasteiger partial charge in [0.2, 0.25) is 5.60 Å². The van der Waals surface area contributed by atoms with Gasteiger partial charge in [0.05, 0.1) is 20.3 Å². The summed E-state index contributed by atoms with van der Waals surface area (Å²) in [7, 11) is 2.85. The van der Waals surface area contributed by atoms with Crippen LogP contribution in [0.1, 0.15) is 31.1 Å². The number of carbonyl (C=O) groups is 1. The number of rotatable bonds is 7. The van der Waals surface area contributed by atoms with E-state index < -0.39 is 17.7 Å². The summed E-state index contributed by atoms with van der Waals surface area (Å²) in [4.78, 5) is 12.8. The lowest BCUT2D eigenvalue weighted by atomic mass is 9.83. The second-order valence-electron chi connectivity index (χ2n) is 5.94. The summed E-state index contributed by atoms with van der Waals surface area (Å²) in [5.74, 6) is -0.000162. The molecule has 0 fully saturated rings. The third-order valence-electron chi connectivity index (χ3n) is 3.93. The lowest BCUT2D eigenvalue weighted by Crippen LogP contribution is -2.46. The standard InChI is InChI=1S/C20H24O5/c1-14(2)25-20(19(22)24-4,16-8-6-5-7-9-16)18(21)15-10-12-17(23-3)13-11-15/h5-14,18,21H,1-4H3/t18-,20+/m1/s1. The van der Waals surface area contributed by atoms with Gasteiger partial charge in [0, 0.05) is 0 Å². The zero-order valence-electron chi connectivity index (χ0n) is 14.9. The van der Waals surface area contributed by atoms with Crippen LogP contribution in [0, 0.1) is 0 Å². The first-order chi connectivity index (χ1) is 12.0. The summed E-state index contributed by atoms with van der Waals surface area (Å²) in [6, 6.07) is 15.7. The van der Waals surface area contributed by atoms with E-state index in [9.17, 15) is 9.90 Å². The number of hydrogen-bond donors (Lipinski definition) is 1. The van der Waals surface area contributed by atoms with Crippen molar-refractivity contribution in [1.82, 2.24) is 0 Å². The largest absolute Gasteiger partial charge is 0.497 e. The lowest BCUT2D eigenvalue weighted by molar-refractivity contribution is -0.200. The van der Waals surface area contributed by atoms with Crippen LogP contribution in [0.25, 0.3) is 0 Å². The molecule has 0 saturated heterocycles. The average molecular weight is 344 g/mol. The number of ether oxygens (including phenoxy) is 3. The summed E-state index contributed by atoms with van der Waals surface area (Å²) in [5.41, 5.74) is -0.617. The summed E-state index contributed by atoms with van der Waals surface area (Å²) in [6.07, 6.45) is -1.57. The van der Waals surface area contributed by atoms with Gasteiger partial charge in [-0.1, -0.05) is 42.5 Å². The van der Waals surface area contributed by atoms with Crippen LogP contribution in [-0.4, -0.2) is 31.4 Å². The monoisotopic (exact) mass is 344 g/mol. The van der Waals surface area contributed by atoms with Crippen molar-refractivity contribution < 1.29 is 24.1 Å². The molecule has 0 heterocycles. The third kappa shape index (κ3) is 3.83. The van der Waals surface area contributed by atoms with Gasteiger partial charge in [-0.05, 0) is 37.1 Å². The molecule has 0 aromatic heterocycles. The van der Waals surface area contributed by atoms with Crippen molar-refractivity contribution in [1.29, 1.82) is 0 Å². The molecule has 0 aliphatic rings. The summed E-state index contributed by atoms with van der Waals surface area (Å²) >= 11 is 0. The highest BCUT2D eigenvalue weighted by atomic mass is 16.6. The molecule has 5 heteroatoms. The van der Waals surface area contributed by atoms with Crippen LogP contribution in [0.5, 0.6) is 5.75 Å². The normalized spacial score (nSPS) is 14.6. The van der Waals surface area contributed by atoms with Crippen LogP contribution < -0.4 is 4.74 Å². The lowest BCUT2D eigenvalue weighted by Gasteiger charge is -2.37. The zero-order valence-corrected chi connectivity index (χ0v) is 14.9. The molecule has 5 nitrogen and oxygen atoms in total.